The lowest BCUT2D eigenvalue weighted by molar-refractivity contribution is -0.125. The lowest BCUT2D eigenvalue weighted by Gasteiger charge is -2.49. The fourth-order valence-corrected chi connectivity index (χ4v) is 4.10. The number of carbonyl (C=O) groups excluding carboxylic acids is 1. The predicted molar refractivity (Wildman–Crippen MR) is 82.2 cm³/mol. The normalized spacial score (nSPS) is 29.6. The zero-order valence-corrected chi connectivity index (χ0v) is 13.0. The van der Waals surface area contributed by atoms with E-state index in [4.69, 9.17) is 4.74 Å². The molecule has 1 saturated carbocycles. The molecule has 2 aliphatic heterocycles. The third-order valence-corrected chi connectivity index (χ3v) is 5.35. The zero-order chi connectivity index (χ0) is 14.5. The van der Waals surface area contributed by atoms with Crippen molar-refractivity contribution in [3.05, 3.63) is 0 Å². The van der Waals surface area contributed by atoms with Crippen molar-refractivity contribution in [2.45, 2.75) is 56.6 Å². The van der Waals surface area contributed by atoms with Crippen molar-refractivity contribution in [1.29, 1.82) is 0 Å². The highest BCUT2D eigenvalue weighted by Gasteiger charge is 2.40. The van der Waals surface area contributed by atoms with E-state index in [2.05, 4.69) is 15.5 Å². The molecule has 3 aliphatic rings. The molecule has 5 nitrogen and oxygen atoms in total. The van der Waals surface area contributed by atoms with E-state index in [0.29, 0.717) is 13.1 Å². The standard InChI is InChI=1S/C16H29N3O2/c20-15(18-11-14-5-4-10-21-14)12-19-9-8-17-13-16(19)6-2-1-3-7-16/h14,17H,1-13H2,(H,18,20). The topological polar surface area (TPSA) is 53.6 Å². The fraction of sp³-hybridized carbons (Fsp3) is 0.938. The van der Waals surface area contributed by atoms with Gasteiger partial charge in [-0.15, -0.1) is 0 Å². The lowest BCUT2D eigenvalue weighted by Crippen LogP contribution is -2.63. The monoisotopic (exact) mass is 295 g/mol. The van der Waals surface area contributed by atoms with E-state index < -0.39 is 0 Å². The summed E-state index contributed by atoms with van der Waals surface area (Å²) in [6.07, 6.45) is 8.87. The van der Waals surface area contributed by atoms with Gasteiger partial charge in [0.25, 0.3) is 0 Å². The summed E-state index contributed by atoms with van der Waals surface area (Å²) < 4.78 is 5.56. The van der Waals surface area contributed by atoms with E-state index in [0.717, 1.165) is 39.1 Å². The first-order valence-corrected chi connectivity index (χ1v) is 8.63. The molecular formula is C16H29N3O2. The van der Waals surface area contributed by atoms with Crippen molar-refractivity contribution in [2.24, 2.45) is 0 Å². The number of carbonyl (C=O) groups is 1. The number of rotatable bonds is 4. The van der Waals surface area contributed by atoms with Gasteiger partial charge in [-0.25, -0.2) is 0 Å². The van der Waals surface area contributed by atoms with Gasteiger partial charge in [0, 0.05) is 38.3 Å². The zero-order valence-electron chi connectivity index (χ0n) is 13.0. The first kappa shape index (κ1) is 15.3. The Morgan fingerprint density at radius 1 is 1.29 bits per heavy atom. The van der Waals surface area contributed by atoms with Crippen LogP contribution in [0.5, 0.6) is 0 Å². The van der Waals surface area contributed by atoms with Gasteiger partial charge >= 0.3 is 0 Å². The van der Waals surface area contributed by atoms with Crippen LogP contribution in [0.15, 0.2) is 0 Å². The predicted octanol–water partition coefficient (Wildman–Crippen LogP) is 0.890. The second-order valence-electron chi connectivity index (χ2n) is 6.82. The number of hydrogen-bond donors (Lipinski definition) is 2. The van der Waals surface area contributed by atoms with Crippen LogP contribution < -0.4 is 10.6 Å². The molecule has 1 unspecified atom stereocenters. The molecule has 1 atom stereocenters. The number of nitrogens with one attached hydrogen (secondary N) is 2. The van der Waals surface area contributed by atoms with Crippen LogP contribution in [-0.2, 0) is 9.53 Å². The summed E-state index contributed by atoms with van der Waals surface area (Å²) in [5.74, 6) is 0.164. The van der Waals surface area contributed by atoms with Crippen LogP contribution in [0.2, 0.25) is 0 Å². The Kier molecular flexibility index (Phi) is 5.14. The second kappa shape index (κ2) is 7.07. The summed E-state index contributed by atoms with van der Waals surface area (Å²) in [5, 5.41) is 6.60. The molecule has 0 aromatic heterocycles. The summed E-state index contributed by atoms with van der Waals surface area (Å²) in [7, 11) is 0. The minimum Gasteiger partial charge on any atom is -0.376 e. The molecule has 120 valence electrons. The highest BCUT2D eigenvalue weighted by atomic mass is 16.5. The average molecular weight is 295 g/mol. The van der Waals surface area contributed by atoms with Gasteiger partial charge in [-0.2, -0.15) is 0 Å². The van der Waals surface area contributed by atoms with E-state index in [1.54, 1.807) is 0 Å². The molecule has 0 radical (unpaired) electrons. The summed E-state index contributed by atoms with van der Waals surface area (Å²) in [6.45, 7) is 5.12. The van der Waals surface area contributed by atoms with Crippen molar-refractivity contribution < 1.29 is 9.53 Å². The van der Waals surface area contributed by atoms with Crippen LogP contribution in [0.3, 0.4) is 0 Å². The third kappa shape index (κ3) is 3.76. The number of amides is 1. The van der Waals surface area contributed by atoms with Gasteiger partial charge in [0.15, 0.2) is 0 Å². The molecule has 1 spiro atoms. The minimum atomic E-state index is 0.164. The molecule has 2 N–H and O–H groups in total. The Hall–Kier alpha value is -0.650. The molecule has 0 bridgehead atoms. The molecule has 1 amide bonds. The van der Waals surface area contributed by atoms with Crippen molar-refractivity contribution in [1.82, 2.24) is 15.5 Å². The Morgan fingerprint density at radius 3 is 2.90 bits per heavy atom. The minimum absolute atomic E-state index is 0.164. The van der Waals surface area contributed by atoms with Gasteiger partial charge in [-0.05, 0) is 25.7 Å². The molecule has 3 fully saturated rings. The number of ether oxygens (including phenoxy) is 1. The van der Waals surface area contributed by atoms with E-state index >= 15 is 0 Å². The largest absolute Gasteiger partial charge is 0.376 e. The van der Waals surface area contributed by atoms with E-state index in [1.165, 1.54) is 32.1 Å². The van der Waals surface area contributed by atoms with Crippen LogP contribution >= 0.6 is 0 Å². The van der Waals surface area contributed by atoms with Gasteiger partial charge < -0.3 is 15.4 Å². The van der Waals surface area contributed by atoms with Crippen molar-refractivity contribution in [3.63, 3.8) is 0 Å². The van der Waals surface area contributed by atoms with Gasteiger partial charge in [-0.3, -0.25) is 9.69 Å². The lowest BCUT2D eigenvalue weighted by atomic mass is 9.79. The van der Waals surface area contributed by atoms with Gasteiger partial charge in [0.1, 0.15) is 0 Å². The molecule has 2 saturated heterocycles. The number of nitrogens with zero attached hydrogens (tertiary/aromatic N) is 1. The van der Waals surface area contributed by atoms with Crippen LogP contribution in [0.1, 0.15) is 44.9 Å². The highest BCUT2D eigenvalue weighted by molar-refractivity contribution is 5.78. The van der Waals surface area contributed by atoms with E-state index in [1.807, 2.05) is 0 Å². The molecule has 3 rings (SSSR count). The number of piperazine rings is 1. The Bertz CT molecular complexity index is 341. The van der Waals surface area contributed by atoms with Crippen molar-refractivity contribution in [3.8, 4) is 0 Å². The van der Waals surface area contributed by atoms with E-state index in [-0.39, 0.29) is 17.6 Å². The molecule has 0 aromatic rings. The van der Waals surface area contributed by atoms with Crippen molar-refractivity contribution in [2.75, 3.05) is 39.3 Å². The molecular weight excluding hydrogens is 266 g/mol. The fourth-order valence-electron chi connectivity index (χ4n) is 4.10. The smallest absolute Gasteiger partial charge is 0.234 e. The summed E-state index contributed by atoms with van der Waals surface area (Å²) in [6, 6.07) is 0. The van der Waals surface area contributed by atoms with Gasteiger partial charge in [-0.1, -0.05) is 19.3 Å². The Balaban J connectivity index is 1.50. The van der Waals surface area contributed by atoms with Crippen LogP contribution in [0.4, 0.5) is 0 Å². The first-order valence-electron chi connectivity index (χ1n) is 8.63. The van der Waals surface area contributed by atoms with Gasteiger partial charge in [0.05, 0.1) is 12.6 Å². The summed E-state index contributed by atoms with van der Waals surface area (Å²) in [5.41, 5.74) is 0.234. The summed E-state index contributed by atoms with van der Waals surface area (Å²) in [4.78, 5) is 14.7. The molecule has 21 heavy (non-hydrogen) atoms. The van der Waals surface area contributed by atoms with E-state index in [9.17, 15) is 4.79 Å². The first-order chi connectivity index (χ1) is 10.3. The second-order valence-corrected chi connectivity index (χ2v) is 6.82. The maximum absolute atomic E-state index is 12.3. The quantitative estimate of drug-likeness (QED) is 0.809. The summed E-state index contributed by atoms with van der Waals surface area (Å²) >= 11 is 0. The molecule has 0 aromatic carbocycles. The third-order valence-electron chi connectivity index (χ3n) is 5.35. The maximum atomic E-state index is 12.3. The van der Waals surface area contributed by atoms with Crippen LogP contribution in [0.25, 0.3) is 0 Å². The van der Waals surface area contributed by atoms with Crippen LogP contribution in [-0.4, -0.2) is 61.8 Å². The van der Waals surface area contributed by atoms with Crippen LogP contribution in [0, 0.1) is 0 Å². The average Bonchev–Trinajstić information content (AvgIpc) is 3.02. The molecule has 5 heteroatoms. The molecule has 2 heterocycles. The highest BCUT2D eigenvalue weighted by Crippen LogP contribution is 2.34. The molecule has 1 aliphatic carbocycles. The van der Waals surface area contributed by atoms with Crippen molar-refractivity contribution >= 4 is 5.91 Å². The number of hydrogen-bond acceptors (Lipinski definition) is 4. The Morgan fingerprint density at radius 2 is 2.14 bits per heavy atom. The van der Waals surface area contributed by atoms with Gasteiger partial charge in [0.2, 0.25) is 5.91 Å². The maximum Gasteiger partial charge on any atom is 0.234 e. The Labute approximate surface area is 127 Å². The SMILES string of the molecule is O=C(CN1CCNCC12CCCCC2)NCC1CCCO1.